The maximum Gasteiger partial charge on any atom is 0.244 e. The number of nitrogens with one attached hydrogen (secondary N) is 6. The van der Waals surface area contributed by atoms with Crippen molar-refractivity contribution in [2.75, 3.05) is 46.3 Å². The summed E-state index contributed by atoms with van der Waals surface area (Å²) < 4.78 is 0. The van der Waals surface area contributed by atoms with Gasteiger partial charge in [-0.2, -0.15) is 0 Å². The average Bonchev–Trinajstić information content (AvgIpc) is 3.17. The van der Waals surface area contributed by atoms with Gasteiger partial charge in [0.2, 0.25) is 35.4 Å². The maximum atomic E-state index is 14.5. The van der Waals surface area contributed by atoms with E-state index in [-0.39, 0.29) is 36.7 Å². The topological polar surface area (TPSA) is 207 Å². The van der Waals surface area contributed by atoms with Crippen LogP contribution in [0, 0.1) is 11.8 Å². The highest BCUT2D eigenvalue weighted by molar-refractivity contribution is 5.96. The molecule has 54 heavy (non-hydrogen) atoms. The zero-order valence-electron chi connectivity index (χ0n) is 33.7. The molecule has 0 aromatic rings. The number of unbranched alkanes of at least 4 members (excludes halogenated alkanes) is 2. The molecule has 15 heteroatoms. The van der Waals surface area contributed by atoms with Crippen molar-refractivity contribution < 1.29 is 28.8 Å². The van der Waals surface area contributed by atoms with E-state index >= 15 is 0 Å². The monoisotopic (exact) mass is 762 g/mol. The fourth-order valence-corrected chi connectivity index (χ4v) is 8.02. The number of nitrogens with zero attached hydrogens (tertiary/aromatic N) is 2. The molecule has 308 valence electrons. The van der Waals surface area contributed by atoms with Crippen LogP contribution in [0.3, 0.4) is 0 Å². The molecule has 0 aromatic carbocycles. The number of hydrogen-bond acceptors (Lipinski definition) is 9. The lowest BCUT2D eigenvalue weighted by molar-refractivity contribution is -0.145. The van der Waals surface area contributed by atoms with Gasteiger partial charge in [-0.25, -0.2) is 0 Å². The Morgan fingerprint density at radius 2 is 1.41 bits per heavy atom. The third-order valence-corrected chi connectivity index (χ3v) is 11.3. The van der Waals surface area contributed by atoms with Crippen LogP contribution in [0.25, 0.3) is 0 Å². The van der Waals surface area contributed by atoms with Crippen molar-refractivity contribution in [3.8, 4) is 0 Å². The smallest absolute Gasteiger partial charge is 0.244 e. The third kappa shape index (κ3) is 13.5. The number of likely N-dealkylation sites (N-methyl/N-ethyl adjacent to an activating group) is 1. The fourth-order valence-electron chi connectivity index (χ4n) is 8.02. The molecular formula is C39H71N9O6. The molecule has 0 unspecified atom stereocenters. The lowest BCUT2D eigenvalue weighted by atomic mass is 9.83. The van der Waals surface area contributed by atoms with Gasteiger partial charge in [0.25, 0.3) is 0 Å². The van der Waals surface area contributed by atoms with Gasteiger partial charge in [-0.15, -0.1) is 0 Å². The van der Waals surface area contributed by atoms with E-state index in [9.17, 15) is 28.8 Å². The van der Waals surface area contributed by atoms with Crippen molar-refractivity contribution in [1.29, 1.82) is 0 Å². The van der Waals surface area contributed by atoms with Gasteiger partial charge in [0.05, 0.1) is 6.04 Å². The zero-order chi connectivity index (χ0) is 39.6. The number of rotatable bonds is 13. The first-order valence-electron chi connectivity index (χ1n) is 20.9. The Balaban J connectivity index is 2.04. The van der Waals surface area contributed by atoms with Gasteiger partial charge in [0.15, 0.2) is 0 Å². The first-order chi connectivity index (χ1) is 25.9. The number of carbonyl (C=O) groups is 6. The van der Waals surface area contributed by atoms with Crippen molar-refractivity contribution in [2.45, 2.75) is 154 Å². The highest BCUT2D eigenvalue weighted by Crippen LogP contribution is 2.27. The van der Waals surface area contributed by atoms with E-state index in [1.54, 1.807) is 11.9 Å². The summed E-state index contributed by atoms with van der Waals surface area (Å²) in [4.78, 5) is 87.4. The molecule has 6 amide bonds. The van der Waals surface area contributed by atoms with E-state index in [1.165, 1.54) is 0 Å². The summed E-state index contributed by atoms with van der Waals surface area (Å²) in [6.07, 6.45) is 10.7. The second-order valence-electron chi connectivity index (χ2n) is 15.7. The van der Waals surface area contributed by atoms with E-state index in [4.69, 9.17) is 5.73 Å². The van der Waals surface area contributed by atoms with Crippen LogP contribution in [-0.2, 0) is 28.8 Å². The molecule has 2 saturated heterocycles. The minimum Gasteiger partial charge on any atom is -0.353 e. The number of nitrogens with two attached hydrogens (primary N) is 1. The second-order valence-corrected chi connectivity index (χ2v) is 15.7. The van der Waals surface area contributed by atoms with Gasteiger partial charge in [-0.1, -0.05) is 65.7 Å². The van der Waals surface area contributed by atoms with Crippen LogP contribution in [-0.4, -0.2) is 128 Å². The maximum absolute atomic E-state index is 14.5. The van der Waals surface area contributed by atoms with Gasteiger partial charge in [-0.3, -0.25) is 33.7 Å². The molecule has 0 aromatic heterocycles. The van der Waals surface area contributed by atoms with Crippen LogP contribution >= 0.6 is 0 Å². The lowest BCUT2D eigenvalue weighted by Gasteiger charge is -2.38. The largest absolute Gasteiger partial charge is 0.353 e. The van der Waals surface area contributed by atoms with E-state index < -0.39 is 59.9 Å². The van der Waals surface area contributed by atoms with Crippen molar-refractivity contribution in [2.24, 2.45) is 17.6 Å². The lowest BCUT2D eigenvalue weighted by Crippen LogP contribution is -2.63. The number of piperidine rings is 1. The fraction of sp³-hybridized carbons (Fsp3) is 0.846. The highest BCUT2D eigenvalue weighted by Gasteiger charge is 2.39. The van der Waals surface area contributed by atoms with Gasteiger partial charge < -0.3 is 42.5 Å². The molecule has 1 aliphatic carbocycles. The summed E-state index contributed by atoms with van der Waals surface area (Å²) >= 11 is 0. The van der Waals surface area contributed by atoms with Crippen LogP contribution in [0.5, 0.6) is 0 Å². The normalized spacial score (nSPS) is 28.3. The van der Waals surface area contributed by atoms with Crippen LogP contribution < -0.4 is 37.6 Å². The summed E-state index contributed by atoms with van der Waals surface area (Å²) in [5, 5.41) is 17.7. The molecular weight excluding hydrogens is 690 g/mol. The number of hydrogen-bond donors (Lipinski definition) is 7. The highest BCUT2D eigenvalue weighted by atomic mass is 16.2. The van der Waals surface area contributed by atoms with E-state index in [1.807, 2.05) is 13.8 Å². The van der Waals surface area contributed by atoms with E-state index in [2.05, 4.69) is 50.6 Å². The number of carbonyl (C=O) groups excluding carboxylic acids is 6. The van der Waals surface area contributed by atoms with Gasteiger partial charge in [0, 0.05) is 38.6 Å². The zero-order valence-corrected chi connectivity index (χ0v) is 33.7. The van der Waals surface area contributed by atoms with Gasteiger partial charge in [-0.05, 0) is 77.4 Å². The van der Waals surface area contributed by atoms with Crippen LogP contribution in [0.1, 0.15) is 118 Å². The van der Waals surface area contributed by atoms with Crippen molar-refractivity contribution >= 4 is 35.4 Å². The molecule has 2 heterocycles. The van der Waals surface area contributed by atoms with Crippen LogP contribution in [0.15, 0.2) is 0 Å². The van der Waals surface area contributed by atoms with E-state index in [0.717, 1.165) is 70.9 Å². The Morgan fingerprint density at radius 1 is 0.759 bits per heavy atom. The summed E-state index contributed by atoms with van der Waals surface area (Å²) in [5.74, 6) is -2.81. The quantitative estimate of drug-likeness (QED) is 0.142. The van der Waals surface area contributed by atoms with Crippen LogP contribution in [0.2, 0.25) is 0 Å². The Kier molecular flexibility index (Phi) is 19.7. The minimum atomic E-state index is -1.20. The Morgan fingerprint density at radius 3 is 2.04 bits per heavy atom. The molecule has 3 aliphatic rings. The number of amides is 6. The molecule has 0 radical (unpaired) electrons. The molecule has 0 spiro atoms. The predicted molar refractivity (Wildman–Crippen MR) is 209 cm³/mol. The molecule has 0 bridgehead atoms. The summed E-state index contributed by atoms with van der Waals surface area (Å²) in [5.41, 5.74) is 6.06. The van der Waals surface area contributed by atoms with Crippen LogP contribution in [0.4, 0.5) is 0 Å². The Hall–Kier alpha value is -3.30. The molecule has 15 nitrogen and oxygen atoms in total. The molecule has 3 fully saturated rings. The molecule has 3 rings (SSSR count). The molecule has 8 N–H and O–H groups in total. The Bertz CT molecular complexity index is 1220. The third-order valence-electron chi connectivity index (χ3n) is 11.3. The summed E-state index contributed by atoms with van der Waals surface area (Å²) in [6.45, 7) is 10.00. The molecule has 2 aliphatic heterocycles. The van der Waals surface area contributed by atoms with Crippen molar-refractivity contribution in [1.82, 2.24) is 41.7 Å². The van der Waals surface area contributed by atoms with Gasteiger partial charge >= 0.3 is 0 Å². The van der Waals surface area contributed by atoms with Crippen molar-refractivity contribution in [3.63, 3.8) is 0 Å². The first kappa shape index (κ1) is 45.1. The molecule has 1 saturated carbocycles. The second kappa shape index (κ2) is 23.6. The average molecular weight is 762 g/mol. The minimum absolute atomic E-state index is 0.153. The summed E-state index contributed by atoms with van der Waals surface area (Å²) in [7, 11) is 1.68. The SMILES string of the molecule is CCCC[C@H]1C(=O)N(C)[C@@H](CCC)C(=O)N[C@@H](C2CCCCC2)C(=O)N[C@@H](CN)C(=O)N[C@@H](CNC(=O)C2CCNCC2)C(=O)N[C@H](C)CN1CCCC. The standard InChI is InChI=1S/C39H71N9O6/c1-6-9-17-32-39(54)47(5)31(14-8-3)37(52)46-33(27-15-12-11-13-16-27)38(53)44-29(23-40)35(50)45-30(24-42-34(49)28-18-20-41-21-19-28)36(51)43-26(4)25-48(32)22-10-7-2/h26-33,41H,6-25,40H2,1-5H3,(H,42,49)(H,43,51)(H,44,53)(H,45,50)(H,46,52)/t26-,29+,30+,31+,32+,33+/m1/s1. The Labute approximate surface area is 323 Å². The van der Waals surface area contributed by atoms with Gasteiger partial charge in [0.1, 0.15) is 24.2 Å². The molecule has 6 atom stereocenters. The first-order valence-corrected chi connectivity index (χ1v) is 20.9. The van der Waals surface area contributed by atoms with E-state index in [0.29, 0.717) is 45.2 Å². The summed E-state index contributed by atoms with van der Waals surface area (Å²) in [6, 6.07) is -5.08. The van der Waals surface area contributed by atoms with Crippen molar-refractivity contribution in [3.05, 3.63) is 0 Å². The predicted octanol–water partition coefficient (Wildman–Crippen LogP) is 0.902.